The molecule has 1 aromatic rings. The molecule has 1 N–H and O–H groups in total. The highest BCUT2D eigenvalue weighted by molar-refractivity contribution is 6.33. The average Bonchev–Trinajstić information content (AvgIpc) is 2.32. The Morgan fingerprint density at radius 2 is 2.24 bits per heavy atom. The Labute approximate surface area is 107 Å². The summed E-state index contributed by atoms with van der Waals surface area (Å²) in [6, 6.07) is 5.48. The summed E-state index contributed by atoms with van der Waals surface area (Å²) in [6.45, 7) is 3.07. The van der Waals surface area contributed by atoms with Gasteiger partial charge >= 0.3 is 0 Å². The minimum absolute atomic E-state index is 0.229. The first-order valence-electron chi connectivity index (χ1n) is 6.00. The van der Waals surface area contributed by atoms with Crippen LogP contribution in [0.2, 0.25) is 5.02 Å². The molecule has 0 saturated carbocycles. The van der Waals surface area contributed by atoms with E-state index in [0.717, 1.165) is 25.1 Å². The maximum Gasteiger partial charge on any atom is 0.125 e. The van der Waals surface area contributed by atoms with E-state index in [1.54, 1.807) is 6.07 Å². The van der Waals surface area contributed by atoms with Crippen LogP contribution in [0.1, 0.15) is 19.8 Å². The normalized spacial score (nSPS) is 25.1. The second-order valence-electron chi connectivity index (χ2n) is 4.65. The summed E-state index contributed by atoms with van der Waals surface area (Å²) in [5.74, 6) is -0.229. The van der Waals surface area contributed by atoms with Crippen molar-refractivity contribution >= 4 is 17.3 Å². The molecule has 2 rings (SSSR count). The highest BCUT2D eigenvalue weighted by atomic mass is 35.5. The van der Waals surface area contributed by atoms with Crippen LogP contribution in [-0.2, 0) is 0 Å². The third kappa shape index (κ3) is 2.72. The van der Waals surface area contributed by atoms with E-state index in [1.165, 1.54) is 12.1 Å². The number of rotatable bonds is 2. The molecule has 1 heterocycles. The molecule has 17 heavy (non-hydrogen) atoms. The standard InChI is InChI=1S/C13H18ClFN2/c1-9-7-11(16-2)5-6-17(9)13-8-10(15)3-4-12(13)14/h3-4,8-9,11,16H,5-7H2,1-2H3. The van der Waals surface area contributed by atoms with Gasteiger partial charge in [0.2, 0.25) is 0 Å². The molecule has 0 bridgehead atoms. The monoisotopic (exact) mass is 256 g/mol. The van der Waals surface area contributed by atoms with Gasteiger partial charge in [-0.25, -0.2) is 4.39 Å². The van der Waals surface area contributed by atoms with Crippen molar-refractivity contribution in [2.75, 3.05) is 18.5 Å². The van der Waals surface area contributed by atoms with Crippen LogP contribution in [0, 0.1) is 5.82 Å². The number of nitrogens with zero attached hydrogens (tertiary/aromatic N) is 1. The highest BCUT2D eigenvalue weighted by Gasteiger charge is 2.25. The van der Waals surface area contributed by atoms with Crippen LogP contribution in [0.4, 0.5) is 10.1 Å². The summed E-state index contributed by atoms with van der Waals surface area (Å²) < 4.78 is 13.3. The Kier molecular flexibility index (Phi) is 3.89. The van der Waals surface area contributed by atoms with Crippen LogP contribution < -0.4 is 10.2 Å². The number of hydrogen-bond acceptors (Lipinski definition) is 2. The van der Waals surface area contributed by atoms with E-state index in [9.17, 15) is 4.39 Å². The molecule has 1 fully saturated rings. The zero-order valence-corrected chi connectivity index (χ0v) is 11.0. The molecule has 1 aliphatic heterocycles. The molecule has 0 radical (unpaired) electrons. The molecule has 2 unspecified atom stereocenters. The third-order valence-corrected chi connectivity index (χ3v) is 3.82. The van der Waals surface area contributed by atoms with Crippen LogP contribution in [0.3, 0.4) is 0 Å². The number of piperidine rings is 1. The molecular formula is C13H18ClFN2. The van der Waals surface area contributed by atoms with Gasteiger partial charge in [0.25, 0.3) is 0 Å². The minimum Gasteiger partial charge on any atom is -0.367 e. The molecule has 1 aliphatic rings. The van der Waals surface area contributed by atoms with E-state index in [-0.39, 0.29) is 5.82 Å². The zero-order valence-electron chi connectivity index (χ0n) is 10.2. The van der Waals surface area contributed by atoms with E-state index in [4.69, 9.17) is 11.6 Å². The van der Waals surface area contributed by atoms with Gasteiger partial charge in [-0.1, -0.05) is 11.6 Å². The van der Waals surface area contributed by atoms with Crippen molar-refractivity contribution in [3.05, 3.63) is 29.0 Å². The average molecular weight is 257 g/mol. The summed E-state index contributed by atoms with van der Waals surface area (Å²) in [4.78, 5) is 2.19. The van der Waals surface area contributed by atoms with Crippen LogP contribution in [0.15, 0.2) is 18.2 Å². The second kappa shape index (κ2) is 5.23. The first-order valence-corrected chi connectivity index (χ1v) is 6.38. The number of anilines is 1. The van der Waals surface area contributed by atoms with Crippen molar-refractivity contribution in [3.8, 4) is 0 Å². The van der Waals surface area contributed by atoms with Crippen molar-refractivity contribution in [3.63, 3.8) is 0 Å². The van der Waals surface area contributed by atoms with Gasteiger partial charge in [-0.15, -0.1) is 0 Å². The SMILES string of the molecule is CNC1CCN(c2cc(F)ccc2Cl)C(C)C1. The van der Waals surface area contributed by atoms with E-state index in [1.807, 2.05) is 7.05 Å². The van der Waals surface area contributed by atoms with E-state index in [0.29, 0.717) is 17.1 Å². The fraction of sp³-hybridized carbons (Fsp3) is 0.538. The first-order chi connectivity index (χ1) is 8.11. The summed E-state index contributed by atoms with van der Waals surface area (Å²) in [5, 5.41) is 3.92. The molecular weight excluding hydrogens is 239 g/mol. The first kappa shape index (κ1) is 12.7. The molecule has 1 saturated heterocycles. The molecule has 94 valence electrons. The van der Waals surface area contributed by atoms with Gasteiger partial charge in [0.1, 0.15) is 5.82 Å². The predicted molar refractivity (Wildman–Crippen MR) is 70.3 cm³/mol. The molecule has 0 aliphatic carbocycles. The molecule has 0 aromatic heterocycles. The molecule has 2 nitrogen and oxygen atoms in total. The van der Waals surface area contributed by atoms with Crippen LogP contribution >= 0.6 is 11.6 Å². The van der Waals surface area contributed by atoms with Gasteiger partial charge < -0.3 is 10.2 Å². The van der Waals surface area contributed by atoms with Gasteiger partial charge in [0, 0.05) is 18.6 Å². The number of hydrogen-bond donors (Lipinski definition) is 1. The third-order valence-electron chi connectivity index (χ3n) is 3.50. The highest BCUT2D eigenvalue weighted by Crippen LogP contribution is 2.31. The van der Waals surface area contributed by atoms with Crippen molar-refractivity contribution < 1.29 is 4.39 Å². The van der Waals surface area contributed by atoms with E-state index in [2.05, 4.69) is 17.1 Å². The summed E-state index contributed by atoms with van der Waals surface area (Å²) in [5.41, 5.74) is 0.814. The zero-order chi connectivity index (χ0) is 12.4. The molecule has 4 heteroatoms. The smallest absolute Gasteiger partial charge is 0.125 e. The Morgan fingerprint density at radius 1 is 1.47 bits per heavy atom. The lowest BCUT2D eigenvalue weighted by Crippen LogP contribution is -2.46. The summed E-state index contributed by atoms with van der Waals surface area (Å²) >= 11 is 6.14. The van der Waals surface area contributed by atoms with Gasteiger partial charge in [-0.05, 0) is 45.0 Å². The Balaban J connectivity index is 2.20. The predicted octanol–water partition coefficient (Wildman–Crippen LogP) is 3.06. The van der Waals surface area contributed by atoms with Gasteiger partial charge in [-0.2, -0.15) is 0 Å². The summed E-state index contributed by atoms with van der Waals surface area (Å²) in [6.07, 6.45) is 2.12. The van der Waals surface area contributed by atoms with Crippen molar-refractivity contribution in [1.82, 2.24) is 5.32 Å². The molecule has 0 spiro atoms. The number of benzene rings is 1. The van der Waals surface area contributed by atoms with Gasteiger partial charge in [-0.3, -0.25) is 0 Å². The maximum absolute atomic E-state index is 13.3. The van der Waals surface area contributed by atoms with Crippen LogP contribution in [0.25, 0.3) is 0 Å². The topological polar surface area (TPSA) is 15.3 Å². The lowest BCUT2D eigenvalue weighted by Gasteiger charge is -2.39. The number of nitrogens with one attached hydrogen (secondary N) is 1. The second-order valence-corrected chi connectivity index (χ2v) is 5.06. The van der Waals surface area contributed by atoms with Crippen molar-refractivity contribution in [1.29, 1.82) is 0 Å². The fourth-order valence-corrected chi connectivity index (χ4v) is 2.72. The quantitative estimate of drug-likeness (QED) is 0.875. The molecule has 2 atom stereocenters. The van der Waals surface area contributed by atoms with Crippen LogP contribution in [0.5, 0.6) is 0 Å². The minimum atomic E-state index is -0.229. The van der Waals surface area contributed by atoms with Gasteiger partial charge in [0.15, 0.2) is 0 Å². The van der Waals surface area contributed by atoms with Crippen LogP contribution in [-0.4, -0.2) is 25.7 Å². The van der Waals surface area contributed by atoms with Crippen molar-refractivity contribution in [2.45, 2.75) is 31.8 Å². The van der Waals surface area contributed by atoms with E-state index < -0.39 is 0 Å². The Hall–Kier alpha value is -0.800. The molecule has 0 amide bonds. The van der Waals surface area contributed by atoms with Crippen molar-refractivity contribution in [2.24, 2.45) is 0 Å². The largest absolute Gasteiger partial charge is 0.367 e. The Morgan fingerprint density at radius 3 is 2.88 bits per heavy atom. The lowest BCUT2D eigenvalue weighted by atomic mass is 9.98. The molecule has 1 aromatic carbocycles. The summed E-state index contributed by atoms with van der Waals surface area (Å²) in [7, 11) is 1.99. The Bertz CT molecular complexity index is 397. The number of halogens is 2. The van der Waals surface area contributed by atoms with Gasteiger partial charge in [0.05, 0.1) is 10.7 Å². The fourth-order valence-electron chi connectivity index (χ4n) is 2.50. The lowest BCUT2D eigenvalue weighted by molar-refractivity contribution is 0.387. The maximum atomic E-state index is 13.3. The van der Waals surface area contributed by atoms with E-state index >= 15 is 0 Å².